The van der Waals surface area contributed by atoms with Crippen molar-refractivity contribution >= 4 is 5.95 Å². The van der Waals surface area contributed by atoms with E-state index in [1.165, 1.54) is 25.5 Å². The zero-order chi connectivity index (χ0) is 20.1. The average Bonchev–Trinajstić information content (AvgIpc) is 2.52. The molecule has 7 heteroatoms. The molecule has 2 N–H and O–H groups in total. The lowest BCUT2D eigenvalue weighted by molar-refractivity contribution is -0.302. The van der Waals surface area contributed by atoms with Crippen molar-refractivity contribution in [1.29, 1.82) is 0 Å². The number of hydroxylamine groups is 2. The number of hydrogen-bond donors (Lipinski definition) is 2. The molecule has 1 aliphatic rings. The molecule has 0 aromatic carbocycles. The Labute approximate surface area is 163 Å². The van der Waals surface area contributed by atoms with Crippen molar-refractivity contribution in [1.82, 2.24) is 20.0 Å². The summed E-state index contributed by atoms with van der Waals surface area (Å²) < 4.78 is 0. The van der Waals surface area contributed by atoms with Gasteiger partial charge in [0.1, 0.15) is 12.7 Å². The van der Waals surface area contributed by atoms with Gasteiger partial charge in [0.25, 0.3) is 0 Å². The van der Waals surface area contributed by atoms with Crippen molar-refractivity contribution in [3.8, 4) is 0 Å². The average molecular weight is 380 g/mol. The third kappa shape index (κ3) is 6.97. The minimum Gasteiger partial charge on any atom is -0.388 e. The van der Waals surface area contributed by atoms with E-state index >= 15 is 0 Å². The highest BCUT2D eigenvalue weighted by molar-refractivity contribution is 5.19. The van der Waals surface area contributed by atoms with Crippen LogP contribution in [0.5, 0.6) is 0 Å². The second-order valence-corrected chi connectivity index (χ2v) is 9.66. The molecule has 2 rings (SSSR count). The summed E-state index contributed by atoms with van der Waals surface area (Å²) in [4.78, 5) is 18.0. The van der Waals surface area contributed by atoms with Crippen LogP contribution in [0.25, 0.3) is 0 Å². The van der Waals surface area contributed by atoms with E-state index in [0.717, 1.165) is 25.8 Å². The van der Waals surface area contributed by atoms with Crippen LogP contribution in [0, 0.1) is 5.92 Å². The maximum Gasteiger partial charge on any atom is 0.225 e. The van der Waals surface area contributed by atoms with Gasteiger partial charge in [0.15, 0.2) is 0 Å². The summed E-state index contributed by atoms with van der Waals surface area (Å²) >= 11 is 0. The molecule has 0 amide bonds. The Hall–Kier alpha value is -1.31. The molecule has 0 radical (unpaired) electrons. The molecular weight excluding hydrogens is 342 g/mol. The highest BCUT2D eigenvalue weighted by atomic mass is 16.7. The van der Waals surface area contributed by atoms with Gasteiger partial charge < -0.3 is 10.4 Å². The highest BCUT2D eigenvalue weighted by Gasteiger charge is 2.46. The summed E-state index contributed by atoms with van der Waals surface area (Å²) in [5.74, 6) is 1.32. The highest BCUT2D eigenvalue weighted by Crippen LogP contribution is 2.43. The van der Waals surface area contributed by atoms with Gasteiger partial charge in [-0.25, -0.2) is 15.0 Å². The van der Waals surface area contributed by atoms with Crippen LogP contribution in [0.1, 0.15) is 73.6 Å². The summed E-state index contributed by atoms with van der Waals surface area (Å²) in [6.07, 6.45) is 8.71. The molecule has 1 aliphatic heterocycles. The van der Waals surface area contributed by atoms with Crippen molar-refractivity contribution in [2.45, 2.75) is 90.3 Å². The van der Waals surface area contributed by atoms with Gasteiger partial charge in [-0.05, 0) is 66.7 Å². The number of rotatable bonds is 9. The number of anilines is 1. The van der Waals surface area contributed by atoms with E-state index in [1.54, 1.807) is 13.8 Å². The molecular formula is C20H37N5O2. The lowest BCUT2D eigenvalue weighted by Gasteiger charge is -2.54. The third-order valence-corrected chi connectivity index (χ3v) is 5.04. The molecule has 27 heavy (non-hydrogen) atoms. The second-order valence-electron chi connectivity index (χ2n) is 9.66. The molecule has 154 valence electrons. The molecule has 0 aliphatic carbocycles. The fourth-order valence-electron chi connectivity index (χ4n) is 4.34. The quantitative estimate of drug-likeness (QED) is 0.636. The van der Waals surface area contributed by atoms with Gasteiger partial charge in [-0.1, -0.05) is 12.8 Å². The lowest BCUT2D eigenvalue weighted by Crippen LogP contribution is -2.61. The molecule has 0 saturated carbocycles. The first-order valence-electron chi connectivity index (χ1n) is 10.0. The Balaban J connectivity index is 1.79. The van der Waals surface area contributed by atoms with Crippen molar-refractivity contribution < 1.29 is 9.94 Å². The van der Waals surface area contributed by atoms with Crippen LogP contribution in [0.2, 0.25) is 0 Å². The Kier molecular flexibility index (Phi) is 7.16. The number of unbranched alkanes of at least 4 members (excludes halogenated alkanes) is 1. The predicted octanol–water partition coefficient (Wildman–Crippen LogP) is 3.43. The van der Waals surface area contributed by atoms with Crippen molar-refractivity contribution in [3.63, 3.8) is 0 Å². The Morgan fingerprint density at radius 2 is 1.74 bits per heavy atom. The van der Waals surface area contributed by atoms with Crippen molar-refractivity contribution in [2.75, 3.05) is 18.5 Å². The summed E-state index contributed by atoms with van der Waals surface area (Å²) in [5.41, 5.74) is -0.934. The zero-order valence-electron chi connectivity index (χ0n) is 17.8. The zero-order valence-corrected chi connectivity index (χ0v) is 17.8. The van der Waals surface area contributed by atoms with Crippen LogP contribution < -0.4 is 5.32 Å². The van der Waals surface area contributed by atoms with Gasteiger partial charge in [-0.15, -0.1) is 0 Å². The van der Waals surface area contributed by atoms with E-state index in [-0.39, 0.29) is 11.1 Å². The molecule has 1 saturated heterocycles. The van der Waals surface area contributed by atoms with Crippen molar-refractivity contribution in [2.24, 2.45) is 5.92 Å². The van der Waals surface area contributed by atoms with Crippen molar-refractivity contribution in [3.05, 3.63) is 12.7 Å². The van der Waals surface area contributed by atoms with Gasteiger partial charge >= 0.3 is 0 Å². The Morgan fingerprint density at radius 3 is 2.30 bits per heavy atom. The predicted molar refractivity (Wildman–Crippen MR) is 107 cm³/mol. The third-order valence-electron chi connectivity index (χ3n) is 5.04. The van der Waals surface area contributed by atoms with Gasteiger partial charge in [-0.2, -0.15) is 5.06 Å². The van der Waals surface area contributed by atoms with E-state index in [2.05, 4.69) is 53.0 Å². The maximum atomic E-state index is 10.0. The first-order chi connectivity index (χ1) is 12.5. The topological polar surface area (TPSA) is 83.4 Å². The number of hydrogen-bond acceptors (Lipinski definition) is 7. The van der Waals surface area contributed by atoms with Gasteiger partial charge in [0, 0.05) is 17.6 Å². The summed E-state index contributed by atoms with van der Waals surface area (Å²) in [5, 5.41) is 15.4. The molecule has 1 fully saturated rings. The number of aliphatic hydroxyl groups is 1. The van der Waals surface area contributed by atoms with E-state index in [9.17, 15) is 5.11 Å². The van der Waals surface area contributed by atoms with E-state index in [1.807, 2.05) is 0 Å². The second kappa shape index (κ2) is 8.80. The molecule has 0 unspecified atom stereocenters. The van der Waals surface area contributed by atoms with Gasteiger partial charge in [-0.3, -0.25) is 4.84 Å². The minimum atomic E-state index is -0.825. The maximum absolute atomic E-state index is 10.0. The minimum absolute atomic E-state index is 0.0548. The summed E-state index contributed by atoms with van der Waals surface area (Å²) in [6.45, 7) is 13.7. The molecule has 2 heterocycles. The van der Waals surface area contributed by atoms with E-state index < -0.39 is 5.60 Å². The number of aromatic nitrogens is 3. The fraction of sp³-hybridized carbons (Fsp3) is 0.850. The standard InChI is InChI=1S/C20H37N5O2/c1-18(2)11-16(9-7-8-10-22-17-23-14-21-15-24-17)12-19(3,4)25(18)27-13-20(5,6)26/h14-16,26H,7-13H2,1-6H3,(H,21,22,23,24). The first-order valence-corrected chi connectivity index (χ1v) is 10.0. The molecule has 0 bridgehead atoms. The summed E-state index contributed by atoms with van der Waals surface area (Å²) in [6, 6.07) is 0. The monoisotopic (exact) mass is 379 g/mol. The molecule has 7 nitrogen and oxygen atoms in total. The SMILES string of the molecule is CC(C)(O)CON1C(C)(C)CC(CCCCNc2ncncn2)CC1(C)C. The van der Waals surface area contributed by atoms with Crippen LogP contribution in [0.3, 0.4) is 0 Å². The molecule has 1 aromatic rings. The Bertz CT molecular complexity index is 553. The normalized spacial score (nSPS) is 20.6. The first kappa shape index (κ1) is 22.0. The fourth-order valence-corrected chi connectivity index (χ4v) is 4.34. The van der Waals surface area contributed by atoms with Gasteiger partial charge in [0.05, 0.1) is 12.2 Å². The molecule has 0 spiro atoms. The van der Waals surface area contributed by atoms with Crippen LogP contribution in [0.15, 0.2) is 12.7 Å². The van der Waals surface area contributed by atoms with E-state index in [4.69, 9.17) is 4.84 Å². The van der Waals surface area contributed by atoms with Gasteiger partial charge in [0.2, 0.25) is 5.95 Å². The molecule has 1 aromatic heterocycles. The van der Waals surface area contributed by atoms with Crippen LogP contribution >= 0.6 is 0 Å². The van der Waals surface area contributed by atoms with Crippen LogP contribution in [-0.4, -0.2) is 55.0 Å². The lowest BCUT2D eigenvalue weighted by atomic mass is 9.73. The van der Waals surface area contributed by atoms with Crippen LogP contribution in [0.4, 0.5) is 5.95 Å². The smallest absolute Gasteiger partial charge is 0.225 e. The summed E-state index contributed by atoms with van der Waals surface area (Å²) in [7, 11) is 0. The van der Waals surface area contributed by atoms with E-state index in [0.29, 0.717) is 18.5 Å². The molecule has 0 atom stereocenters. The number of piperidine rings is 1. The van der Waals surface area contributed by atoms with Crippen LogP contribution in [-0.2, 0) is 4.84 Å². The Morgan fingerprint density at radius 1 is 1.15 bits per heavy atom. The number of nitrogens with zero attached hydrogens (tertiary/aromatic N) is 4. The number of nitrogens with one attached hydrogen (secondary N) is 1. The largest absolute Gasteiger partial charge is 0.388 e.